The minimum Gasteiger partial charge on any atom is -0.405 e. The molecule has 0 fully saturated rings. The first-order chi connectivity index (χ1) is 9.61. The van der Waals surface area contributed by atoms with E-state index in [-0.39, 0.29) is 17.9 Å². The van der Waals surface area contributed by atoms with Crippen LogP contribution in [0.5, 0.6) is 11.9 Å². The van der Waals surface area contributed by atoms with Crippen LogP contribution >= 0.6 is 0 Å². The van der Waals surface area contributed by atoms with Gasteiger partial charge in [-0.2, -0.15) is 25.1 Å². The highest BCUT2D eigenvalue weighted by molar-refractivity contribution is 5.27. The van der Waals surface area contributed by atoms with E-state index in [1.165, 1.54) is 4.68 Å². The van der Waals surface area contributed by atoms with Crippen molar-refractivity contribution in [3.63, 3.8) is 0 Å². The van der Waals surface area contributed by atoms with Gasteiger partial charge in [0.1, 0.15) is 0 Å². The summed E-state index contributed by atoms with van der Waals surface area (Å²) in [6.45, 7) is 1.86. The lowest BCUT2D eigenvalue weighted by atomic mass is 10.5. The summed E-state index contributed by atoms with van der Waals surface area (Å²) in [5.41, 5.74) is 6.49. The Morgan fingerprint density at radius 3 is 2.75 bits per heavy atom. The third-order valence-corrected chi connectivity index (χ3v) is 2.48. The van der Waals surface area contributed by atoms with E-state index in [1.54, 1.807) is 36.3 Å². The number of hydrogen-bond acceptors (Lipinski definition) is 7. The molecule has 0 aliphatic heterocycles. The van der Waals surface area contributed by atoms with Gasteiger partial charge in [-0.05, 0) is 13.0 Å². The van der Waals surface area contributed by atoms with E-state index in [4.69, 9.17) is 10.5 Å². The van der Waals surface area contributed by atoms with E-state index in [1.807, 2.05) is 6.92 Å². The largest absolute Gasteiger partial charge is 0.405 e. The van der Waals surface area contributed by atoms with Crippen LogP contribution in [-0.4, -0.2) is 34.5 Å². The summed E-state index contributed by atoms with van der Waals surface area (Å²) < 4.78 is 8.62. The Kier molecular flexibility index (Phi) is 2.78. The Morgan fingerprint density at radius 2 is 2.10 bits per heavy atom. The number of aryl methyl sites for hydroxylation is 2. The SMILES string of the molecule is Cc1cc(Oc2nc(N)nc(-n3cccn3)n2)n(C)n1. The molecule has 0 saturated heterocycles. The molecule has 0 aromatic carbocycles. The standard InChI is InChI=1S/C11H12N8O/c1-7-6-8(18(2)17-7)20-11-15-9(12)14-10(16-11)19-5-3-4-13-19/h3-6H,1-2H3,(H2,12,14,15,16). The van der Waals surface area contributed by atoms with Gasteiger partial charge in [-0.1, -0.05) is 0 Å². The molecule has 0 aliphatic carbocycles. The average molecular weight is 272 g/mol. The number of aromatic nitrogens is 7. The predicted molar refractivity (Wildman–Crippen MR) is 69.4 cm³/mol. The second-order valence-corrected chi connectivity index (χ2v) is 4.08. The first-order valence-electron chi connectivity index (χ1n) is 5.82. The molecule has 0 radical (unpaired) electrons. The molecule has 9 heteroatoms. The van der Waals surface area contributed by atoms with Crippen LogP contribution in [0.1, 0.15) is 5.69 Å². The van der Waals surface area contributed by atoms with E-state index in [0.717, 1.165) is 5.69 Å². The topological polar surface area (TPSA) is 110 Å². The molecular formula is C11H12N8O. The van der Waals surface area contributed by atoms with E-state index in [2.05, 4.69) is 25.1 Å². The van der Waals surface area contributed by atoms with Crippen molar-refractivity contribution in [1.29, 1.82) is 0 Å². The van der Waals surface area contributed by atoms with Crippen LogP contribution in [0.3, 0.4) is 0 Å². The van der Waals surface area contributed by atoms with Gasteiger partial charge < -0.3 is 10.5 Å². The fourth-order valence-electron chi connectivity index (χ4n) is 1.67. The lowest BCUT2D eigenvalue weighted by Crippen LogP contribution is -2.08. The second kappa shape index (κ2) is 4.61. The molecule has 9 nitrogen and oxygen atoms in total. The second-order valence-electron chi connectivity index (χ2n) is 4.08. The maximum Gasteiger partial charge on any atom is 0.330 e. The average Bonchev–Trinajstić information content (AvgIpc) is 2.99. The quantitative estimate of drug-likeness (QED) is 0.738. The maximum absolute atomic E-state index is 5.66. The zero-order valence-electron chi connectivity index (χ0n) is 10.9. The van der Waals surface area contributed by atoms with Gasteiger partial charge in [0, 0.05) is 25.5 Å². The van der Waals surface area contributed by atoms with Crippen molar-refractivity contribution in [2.24, 2.45) is 7.05 Å². The molecule has 0 spiro atoms. The molecule has 102 valence electrons. The summed E-state index contributed by atoms with van der Waals surface area (Å²) in [4.78, 5) is 12.1. The van der Waals surface area contributed by atoms with Crippen molar-refractivity contribution in [2.45, 2.75) is 6.92 Å². The molecule has 2 N–H and O–H groups in total. The van der Waals surface area contributed by atoms with Crippen LogP contribution in [0.25, 0.3) is 5.95 Å². The Balaban J connectivity index is 1.96. The molecule has 3 heterocycles. The van der Waals surface area contributed by atoms with Gasteiger partial charge in [-0.15, -0.1) is 0 Å². The van der Waals surface area contributed by atoms with E-state index in [9.17, 15) is 0 Å². The Morgan fingerprint density at radius 1 is 1.25 bits per heavy atom. The number of anilines is 1. The first-order valence-corrected chi connectivity index (χ1v) is 5.82. The maximum atomic E-state index is 5.66. The Bertz CT molecular complexity index is 733. The van der Waals surface area contributed by atoms with Crippen LogP contribution in [0.15, 0.2) is 24.5 Å². The van der Waals surface area contributed by atoms with Crippen LogP contribution in [0, 0.1) is 6.92 Å². The smallest absolute Gasteiger partial charge is 0.330 e. The number of hydrogen-bond donors (Lipinski definition) is 1. The minimum absolute atomic E-state index is 0.0550. The van der Waals surface area contributed by atoms with E-state index < -0.39 is 0 Å². The number of nitrogen functional groups attached to an aromatic ring is 1. The summed E-state index contributed by atoms with van der Waals surface area (Å²) in [7, 11) is 1.77. The van der Waals surface area contributed by atoms with Crippen molar-refractivity contribution < 1.29 is 4.74 Å². The Labute approximate surface area is 114 Å². The molecule has 0 atom stereocenters. The van der Waals surface area contributed by atoms with Gasteiger partial charge in [0.15, 0.2) is 0 Å². The highest BCUT2D eigenvalue weighted by atomic mass is 16.5. The third-order valence-electron chi connectivity index (χ3n) is 2.48. The van der Waals surface area contributed by atoms with Gasteiger partial charge >= 0.3 is 6.01 Å². The van der Waals surface area contributed by atoms with E-state index in [0.29, 0.717) is 5.88 Å². The number of rotatable bonds is 3. The lowest BCUT2D eigenvalue weighted by molar-refractivity contribution is 0.397. The zero-order valence-corrected chi connectivity index (χ0v) is 10.9. The number of nitrogens with zero attached hydrogens (tertiary/aromatic N) is 7. The molecule has 0 saturated carbocycles. The van der Waals surface area contributed by atoms with Crippen molar-refractivity contribution in [3.8, 4) is 17.8 Å². The van der Waals surface area contributed by atoms with Crippen LogP contribution in [0.2, 0.25) is 0 Å². The van der Waals surface area contributed by atoms with Crippen molar-refractivity contribution in [1.82, 2.24) is 34.5 Å². The van der Waals surface area contributed by atoms with Gasteiger partial charge in [0.05, 0.1) is 5.69 Å². The molecule has 3 aromatic heterocycles. The first kappa shape index (κ1) is 12.1. The highest BCUT2D eigenvalue weighted by Gasteiger charge is 2.11. The summed E-state index contributed by atoms with van der Waals surface area (Å²) in [5, 5.41) is 8.21. The normalized spacial score (nSPS) is 10.7. The van der Waals surface area contributed by atoms with Crippen LogP contribution in [0.4, 0.5) is 5.95 Å². The lowest BCUT2D eigenvalue weighted by Gasteiger charge is -2.05. The summed E-state index contributed by atoms with van der Waals surface area (Å²) >= 11 is 0. The Hall–Kier alpha value is -2.97. The van der Waals surface area contributed by atoms with Crippen LogP contribution in [-0.2, 0) is 7.05 Å². The molecule has 3 rings (SSSR count). The summed E-state index contributed by atoms with van der Waals surface area (Å²) in [6, 6.07) is 3.62. The molecule has 0 bridgehead atoms. The van der Waals surface area contributed by atoms with Gasteiger partial charge in [0.25, 0.3) is 5.95 Å². The van der Waals surface area contributed by atoms with Gasteiger partial charge in [0.2, 0.25) is 11.8 Å². The van der Waals surface area contributed by atoms with Crippen molar-refractivity contribution >= 4 is 5.95 Å². The molecule has 3 aromatic rings. The van der Waals surface area contributed by atoms with E-state index >= 15 is 0 Å². The fourth-order valence-corrected chi connectivity index (χ4v) is 1.67. The molecule has 0 aliphatic rings. The number of ether oxygens (including phenoxy) is 1. The van der Waals surface area contributed by atoms with Gasteiger partial charge in [-0.3, -0.25) is 0 Å². The third kappa shape index (κ3) is 2.28. The number of nitrogens with two attached hydrogens (primary N) is 1. The predicted octanol–water partition coefficient (Wildman–Crippen LogP) is 0.474. The van der Waals surface area contributed by atoms with Crippen molar-refractivity contribution in [2.75, 3.05) is 5.73 Å². The van der Waals surface area contributed by atoms with Crippen LogP contribution < -0.4 is 10.5 Å². The van der Waals surface area contributed by atoms with Crippen molar-refractivity contribution in [3.05, 3.63) is 30.2 Å². The van der Waals surface area contributed by atoms with Gasteiger partial charge in [-0.25, -0.2) is 9.36 Å². The molecule has 0 unspecified atom stereocenters. The highest BCUT2D eigenvalue weighted by Crippen LogP contribution is 2.19. The minimum atomic E-state index is 0.0550. The fraction of sp³-hybridized carbons (Fsp3) is 0.182. The monoisotopic (exact) mass is 272 g/mol. The summed E-state index contributed by atoms with van der Waals surface area (Å²) in [6.07, 6.45) is 3.32. The molecular weight excluding hydrogens is 260 g/mol. The molecule has 20 heavy (non-hydrogen) atoms. The molecule has 0 amide bonds. The summed E-state index contributed by atoms with van der Waals surface area (Å²) in [5.74, 6) is 0.857. The zero-order chi connectivity index (χ0) is 14.1.